The number of aromatic nitrogens is 1. The van der Waals surface area contributed by atoms with Gasteiger partial charge in [0.15, 0.2) is 0 Å². The van der Waals surface area contributed by atoms with E-state index < -0.39 is 5.97 Å². The highest BCUT2D eigenvalue weighted by molar-refractivity contribution is 6.33. The summed E-state index contributed by atoms with van der Waals surface area (Å²) in [4.78, 5) is 27.4. The van der Waals surface area contributed by atoms with Crippen LogP contribution in [0.1, 0.15) is 10.4 Å². The van der Waals surface area contributed by atoms with Crippen LogP contribution in [0.5, 0.6) is 0 Å². The minimum Gasteiger partial charge on any atom is -0.478 e. The number of halogens is 1. The first-order valence-corrected chi connectivity index (χ1v) is 5.12. The molecule has 6 nitrogen and oxygen atoms in total. The Hall–Kier alpha value is -1.82. The van der Waals surface area contributed by atoms with Gasteiger partial charge < -0.3 is 15.3 Å². The quantitative estimate of drug-likeness (QED) is 0.839. The first-order valence-electron chi connectivity index (χ1n) is 4.74. The van der Waals surface area contributed by atoms with Crippen LogP contribution in [0, 0.1) is 0 Å². The van der Waals surface area contributed by atoms with Gasteiger partial charge in [0.1, 0.15) is 5.82 Å². The molecule has 0 radical (unpaired) electrons. The van der Waals surface area contributed by atoms with Crippen molar-refractivity contribution < 1.29 is 14.7 Å². The molecule has 0 bridgehead atoms. The van der Waals surface area contributed by atoms with Gasteiger partial charge >= 0.3 is 5.97 Å². The number of hydrogen-bond acceptors (Lipinski definition) is 4. The van der Waals surface area contributed by atoms with Crippen LogP contribution in [0.25, 0.3) is 0 Å². The number of anilines is 1. The molecule has 0 aromatic carbocycles. The molecule has 0 fully saturated rings. The molecule has 0 saturated carbocycles. The molecule has 0 aliphatic rings. The lowest BCUT2D eigenvalue weighted by molar-refractivity contribution is -0.126. The van der Waals surface area contributed by atoms with Gasteiger partial charge in [-0.1, -0.05) is 11.6 Å². The molecule has 0 saturated heterocycles. The van der Waals surface area contributed by atoms with Crippen LogP contribution in [0.2, 0.25) is 5.02 Å². The summed E-state index contributed by atoms with van der Waals surface area (Å²) in [5, 5.41) is 11.6. The summed E-state index contributed by atoms with van der Waals surface area (Å²) in [7, 11) is 3.25. The molecule has 17 heavy (non-hydrogen) atoms. The Bertz CT molecular complexity index is 448. The fourth-order valence-electron chi connectivity index (χ4n) is 1.02. The third-order valence-electron chi connectivity index (χ3n) is 2.01. The Morgan fingerprint density at radius 3 is 2.71 bits per heavy atom. The minimum atomic E-state index is -1.14. The predicted molar refractivity (Wildman–Crippen MR) is 63.4 cm³/mol. The van der Waals surface area contributed by atoms with Crippen molar-refractivity contribution in [3.8, 4) is 0 Å². The van der Waals surface area contributed by atoms with Gasteiger partial charge in [-0.2, -0.15) is 0 Å². The van der Waals surface area contributed by atoms with Crippen molar-refractivity contribution in [3.63, 3.8) is 0 Å². The molecule has 0 spiro atoms. The van der Waals surface area contributed by atoms with Crippen LogP contribution in [0.4, 0.5) is 5.82 Å². The first kappa shape index (κ1) is 13.2. The molecular formula is C10H12ClN3O3. The van der Waals surface area contributed by atoms with Crippen LogP contribution < -0.4 is 5.32 Å². The summed E-state index contributed by atoms with van der Waals surface area (Å²) < 4.78 is 0. The lowest BCUT2D eigenvalue weighted by Crippen LogP contribution is -2.28. The van der Waals surface area contributed by atoms with Crippen molar-refractivity contribution in [2.75, 3.05) is 26.0 Å². The van der Waals surface area contributed by atoms with E-state index in [-0.39, 0.29) is 23.0 Å². The lowest BCUT2D eigenvalue weighted by atomic mass is 10.2. The van der Waals surface area contributed by atoms with Gasteiger partial charge in [-0.3, -0.25) is 4.79 Å². The molecule has 92 valence electrons. The summed E-state index contributed by atoms with van der Waals surface area (Å²) in [6, 6.07) is 1.29. The predicted octanol–water partition coefficient (Wildman–Crippen LogP) is 0.933. The van der Waals surface area contributed by atoms with Crippen LogP contribution in [0.3, 0.4) is 0 Å². The summed E-state index contributed by atoms with van der Waals surface area (Å²) in [6.45, 7) is 0.0424. The second-order valence-electron chi connectivity index (χ2n) is 3.50. The summed E-state index contributed by atoms with van der Waals surface area (Å²) in [5.74, 6) is -0.986. The van der Waals surface area contributed by atoms with Gasteiger partial charge in [-0.05, 0) is 6.07 Å². The summed E-state index contributed by atoms with van der Waals surface area (Å²) in [5.41, 5.74) is -0.0542. The number of carboxylic acid groups (broad SMARTS) is 1. The molecular weight excluding hydrogens is 246 g/mol. The number of carbonyl (C=O) groups excluding carboxylic acids is 1. The average molecular weight is 258 g/mol. The van der Waals surface area contributed by atoms with Crippen molar-refractivity contribution in [1.82, 2.24) is 9.88 Å². The molecule has 7 heteroatoms. The van der Waals surface area contributed by atoms with Gasteiger partial charge in [0.25, 0.3) is 0 Å². The third-order valence-corrected chi connectivity index (χ3v) is 2.31. The van der Waals surface area contributed by atoms with E-state index in [9.17, 15) is 9.59 Å². The van der Waals surface area contributed by atoms with Crippen molar-refractivity contribution in [1.29, 1.82) is 0 Å². The zero-order valence-corrected chi connectivity index (χ0v) is 10.2. The maximum absolute atomic E-state index is 11.3. The Balaban J connectivity index is 2.76. The Labute approximate surface area is 103 Å². The molecule has 1 amide bonds. The number of pyridine rings is 1. The average Bonchev–Trinajstić information content (AvgIpc) is 2.26. The monoisotopic (exact) mass is 257 g/mol. The van der Waals surface area contributed by atoms with E-state index in [4.69, 9.17) is 16.7 Å². The lowest BCUT2D eigenvalue weighted by Gasteiger charge is -2.11. The third kappa shape index (κ3) is 3.60. The van der Waals surface area contributed by atoms with Crippen molar-refractivity contribution >= 4 is 29.3 Å². The number of rotatable bonds is 4. The van der Waals surface area contributed by atoms with Gasteiger partial charge in [-0.25, -0.2) is 9.78 Å². The van der Waals surface area contributed by atoms with Crippen molar-refractivity contribution in [3.05, 3.63) is 22.8 Å². The number of carbonyl (C=O) groups is 2. The van der Waals surface area contributed by atoms with E-state index in [2.05, 4.69) is 10.3 Å². The van der Waals surface area contributed by atoms with Gasteiger partial charge in [0, 0.05) is 20.3 Å². The van der Waals surface area contributed by atoms with E-state index in [1.807, 2.05) is 0 Å². The Morgan fingerprint density at radius 2 is 2.18 bits per heavy atom. The second kappa shape index (κ2) is 5.49. The van der Waals surface area contributed by atoms with Crippen LogP contribution in [-0.4, -0.2) is 47.5 Å². The van der Waals surface area contributed by atoms with Gasteiger partial charge in [-0.15, -0.1) is 0 Å². The summed E-state index contributed by atoms with van der Waals surface area (Å²) >= 11 is 5.66. The molecule has 1 rings (SSSR count). The molecule has 0 aliphatic heterocycles. The highest BCUT2D eigenvalue weighted by Crippen LogP contribution is 2.17. The molecule has 0 aliphatic carbocycles. The molecule has 1 aromatic heterocycles. The first-order chi connectivity index (χ1) is 7.91. The smallest absolute Gasteiger partial charge is 0.337 e. The number of carboxylic acids is 1. The molecule has 2 N–H and O–H groups in total. The number of likely N-dealkylation sites (N-methyl/N-ethyl adjacent to an activating group) is 1. The largest absolute Gasteiger partial charge is 0.478 e. The van der Waals surface area contributed by atoms with Crippen molar-refractivity contribution in [2.45, 2.75) is 0 Å². The second-order valence-corrected chi connectivity index (χ2v) is 3.90. The highest BCUT2D eigenvalue weighted by atomic mass is 35.5. The number of hydrogen-bond donors (Lipinski definition) is 2. The standard InChI is InChI=1S/C10H12ClN3O3/c1-14(2)9(15)5-13-8-3-6(10(16)17)7(11)4-12-8/h3-4H,5H2,1-2H3,(H,12,13)(H,16,17). The van der Waals surface area contributed by atoms with E-state index in [0.29, 0.717) is 5.82 Å². The fourth-order valence-corrected chi connectivity index (χ4v) is 1.21. The maximum atomic E-state index is 11.3. The van der Waals surface area contributed by atoms with E-state index in [1.54, 1.807) is 14.1 Å². The van der Waals surface area contributed by atoms with E-state index in [1.165, 1.54) is 17.2 Å². The zero-order valence-electron chi connectivity index (χ0n) is 9.40. The Kier molecular flexibility index (Phi) is 4.28. The molecule has 0 unspecified atom stereocenters. The number of amides is 1. The van der Waals surface area contributed by atoms with E-state index in [0.717, 1.165) is 0 Å². The van der Waals surface area contributed by atoms with Crippen LogP contribution >= 0.6 is 11.6 Å². The molecule has 1 heterocycles. The van der Waals surface area contributed by atoms with Gasteiger partial charge in [0.2, 0.25) is 5.91 Å². The summed E-state index contributed by atoms with van der Waals surface area (Å²) in [6.07, 6.45) is 1.23. The molecule has 0 atom stereocenters. The van der Waals surface area contributed by atoms with E-state index >= 15 is 0 Å². The minimum absolute atomic E-state index is 0.0424. The fraction of sp³-hybridized carbons (Fsp3) is 0.300. The van der Waals surface area contributed by atoms with Gasteiger partial charge in [0.05, 0.1) is 17.1 Å². The number of nitrogens with one attached hydrogen (secondary N) is 1. The maximum Gasteiger partial charge on any atom is 0.337 e. The highest BCUT2D eigenvalue weighted by Gasteiger charge is 2.11. The normalized spacial score (nSPS) is 9.82. The zero-order chi connectivity index (χ0) is 13.0. The topological polar surface area (TPSA) is 82.5 Å². The Morgan fingerprint density at radius 1 is 1.53 bits per heavy atom. The van der Waals surface area contributed by atoms with Crippen molar-refractivity contribution in [2.24, 2.45) is 0 Å². The number of aromatic carboxylic acids is 1. The SMILES string of the molecule is CN(C)C(=O)CNc1cc(C(=O)O)c(Cl)cn1. The van der Waals surface area contributed by atoms with Crippen LogP contribution in [0.15, 0.2) is 12.3 Å². The van der Waals surface area contributed by atoms with Crippen LogP contribution in [-0.2, 0) is 4.79 Å². The number of nitrogens with zero attached hydrogens (tertiary/aromatic N) is 2. The molecule has 1 aromatic rings.